The van der Waals surface area contributed by atoms with E-state index in [1.807, 2.05) is 23.1 Å². The lowest BCUT2D eigenvalue weighted by atomic mass is 10.1. The molecule has 1 aromatic rings. The minimum Gasteiger partial charge on any atom is -0.335 e. The second-order valence-corrected chi connectivity index (χ2v) is 5.33. The standard InChI is InChI=1S/C13H17Br2NO/c1-3-8-16(13(17)9-14)10(2)11-6-4-5-7-12(11)15/h4-7,10H,3,8-9H2,1-2H3. The molecule has 1 rings (SSSR count). The fraction of sp³-hybridized carbons (Fsp3) is 0.462. The zero-order chi connectivity index (χ0) is 12.8. The maximum absolute atomic E-state index is 11.9. The van der Waals surface area contributed by atoms with Gasteiger partial charge in [0.05, 0.1) is 11.4 Å². The van der Waals surface area contributed by atoms with E-state index in [1.165, 1.54) is 0 Å². The molecule has 4 heteroatoms. The summed E-state index contributed by atoms with van der Waals surface area (Å²) in [5, 5.41) is 0.377. The Morgan fingerprint density at radius 2 is 2.06 bits per heavy atom. The van der Waals surface area contributed by atoms with Crippen molar-refractivity contribution in [3.63, 3.8) is 0 Å². The highest BCUT2D eigenvalue weighted by Gasteiger charge is 2.20. The monoisotopic (exact) mass is 361 g/mol. The van der Waals surface area contributed by atoms with E-state index in [-0.39, 0.29) is 11.9 Å². The van der Waals surface area contributed by atoms with Gasteiger partial charge >= 0.3 is 0 Å². The molecule has 0 saturated carbocycles. The van der Waals surface area contributed by atoms with Gasteiger partial charge < -0.3 is 4.90 Å². The predicted molar refractivity (Wildman–Crippen MR) is 78.4 cm³/mol. The molecule has 1 aromatic carbocycles. The van der Waals surface area contributed by atoms with Crippen LogP contribution in [0.15, 0.2) is 28.7 Å². The lowest BCUT2D eigenvalue weighted by Gasteiger charge is -2.29. The number of halogens is 2. The van der Waals surface area contributed by atoms with Gasteiger partial charge in [0.15, 0.2) is 0 Å². The largest absolute Gasteiger partial charge is 0.335 e. The number of hydrogen-bond acceptors (Lipinski definition) is 1. The van der Waals surface area contributed by atoms with Gasteiger partial charge in [-0.05, 0) is 25.0 Å². The van der Waals surface area contributed by atoms with Crippen LogP contribution < -0.4 is 0 Å². The van der Waals surface area contributed by atoms with E-state index in [4.69, 9.17) is 0 Å². The Balaban J connectivity index is 2.95. The van der Waals surface area contributed by atoms with Crippen LogP contribution in [0.2, 0.25) is 0 Å². The van der Waals surface area contributed by atoms with Crippen molar-refractivity contribution in [1.29, 1.82) is 0 Å². The SMILES string of the molecule is CCCN(C(=O)CBr)C(C)c1ccccc1Br. The summed E-state index contributed by atoms with van der Waals surface area (Å²) in [7, 11) is 0. The molecule has 0 spiro atoms. The Morgan fingerprint density at radius 1 is 1.41 bits per heavy atom. The van der Waals surface area contributed by atoms with Gasteiger partial charge in [-0.2, -0.15) is 0 Å². The van der Waals surface area contributed by atoms with E-state index in [1.54, 1.807) is 0 Å². The van der Waals surface area contributed by atoms with Crippen LogP contribution in [-0.2, 0) is 4.79 Å². The third-order valence-corrected chi connectivity index (χ3v) is 3.92. The van der Waals surface area contributed by atoms with Gasteiger partial charge in [0.2, 0.25) is 5.91 Å². The maximum Gasteiger partial charge on any atom is 0.233 e. The van der Waals surface area contributed by atoms with E-state index >= 15 is 0 Å². The number of benzene rings is 1. The summed E-state index contributed by atoms with van der Waals surface area (Å²) in [6.07, 6.45) is 0.966. The zero-order valence-corrected chi connectivity index (χ0v) is 13.3. The maximum atomic E-state index is 11.9. The van der Waals surface area contributed by atoms with Crippen LogP contribution in [0.1, 0.15) is 31.9 Å². The van der Waals surface area contributed by atoms with Gasteiger partial charge in [0.25, 0.3) is 0 Å². The molecule has 1 unspecified atom stereocenters. The molecule has 1 atom stereocenters. The minimum absolute atomic E-state index is 0.0931. The van der Waals surface area contributed by atoms with E-state index in [0.717, 1.165) is 23.0 Å². The fourth-order valence-corrected chi connectivity index (χ4v) is 2.77. The van der Waals surface area contributed by atoms with Gasteiger partial charge in [-0.1, -0.05) is 57.0 Å². The third-order valence-electron chi connectivity index (χ3n) is 2.72. The lowest BCUT2D eigenvalue weighted by Crippen LogP contribution is -2.35. The van der Waals surface area contributed by atoms with Crippen molar-refractivity contribution in [2.75, 3.05) is 11.9 Å². The highest BCUT2D eigenvalue weighted by molar-refractivity contribution is 9.10. The average molecular weight is 363 g/mol. The Kier molecular flexibility index (Phi) is 6.20. The predicted octanol–water partition coefficient (Wildman–Crippen LogP) is 4.14. The highest BCUT2D eigenvalue weighted by atomic mass is 79.9. The van der Waals surface area contributed by atoms with Crippen molar-refractivity contribution in [2.45, 2.75) is 26.3 Å². The van der Waals surface area contributed by atoms with Gasteiger partial charge in [-0.25, -0.2) is 0 Å². The Morgan fingerprint density at radius 3 is 2.59 bits per heavy atom. The molecule has 0 saturated heterocycles. The number of rotatable bonds is 5. The van der Waals surface area contributed by atoms with Crippen LogP contribution in [0.3, 0.4) is 0 Å². The average Bonchev–Trinajstić information content (AvgIpc) is 2.35. The summed E-state index contributed by atoms with van der Waals surface area (Å²) in [5.74, 6) is 0.134. The van der Waals surface area contributed by atoms with Crippen LogP contribution in [0, 0.1) is 0 Å². The van der Waals surface area contributed by atoms with Crippen LogP contribution in [0.4, 0.5) is 0 Å². The van der Waals surface area contributed by atoms with Crippen LogP contribution >= 0.6 is 31.9 Å². The normalized spacial score (nSPS) is 12.2. The first kappa shape index (κ1) is 14.7. The van der Waals surface area contributed by atoms with E-state index in [9.17, 15) is 4.79 Å². The molecule has 0 heterocycles. The van der Waals surface area contributed by atoms with Crippen molar-refractivity contribution in [3.8, 4) is 0 Å². The number of carbonyl (C=O) groups is 1. The quantitative estimate of drug-likeness (QED) is 0.720. The molecule has 0 aliphatic rings. The Hall–Kier alpha value is -0.350. The molecule has 2 nitrogen and oxygen atoms in total. The Labute approximate surface area is 120 Å². The molecule has 17 heavy (non-hydrogen) atoms. The lowest BCUT2D eigenvalue weighted by molar-refractivity contribution is -0.130. The van der Waals surface area contributed by atoms with Crippen molar-refractivity contribution in [2.24, 2.45) is 0 Å². The number of nitrogens with zero attached hydrogens (tertiary/aromatic N) is 1. The van der Waals surface area contributed by atoms with E-state index in [0.29, 0.717) is 5.33 Å². The summed E-state index contributed by atoms with van der Waals surface area (Å²) in [6.45, 7) is 4.94. The molecule has 0 aromatic heterocycles. The molecule has 1 amide bonds. The molecule has 0 radical (unpaired) electrons. The summed E-state index contributed by atoms with van der Waals surface area (Å²) in [5.41, 5.74) is 1.15. The van der Waals surface area contributed by atoms with Crippen molar-refractivity contribution < 1.29 is 4.79 Å². The van der Waals surface area contributed by atoms with Crippen LogP contribution in [0.25, 0.3) is 0 Å². The molecule has 0 bridgehead atoms. The summed E-state index contributed by atoms with van der Waals surface area (Å²) in [6, 6.07) is 8.14. The topological polar surface area (TPSA) is 20.3 Å². The van der Waals surface area contributed by atoms with E-state index in [2.05, 4.69) is 51.8 Å². The highest BCUT2D eigenvalue weighted by Crippen LogP contribution is 2.27. The van der Waals surface area contributed by atoms with Gasteiger partial charge in [-0.15, -0.1) is 0 Å². The smallest absolute Gasteiger partial charge is 0.233 e. The van der Waals surface area contributed by atoms with Gasteiger partial charge in [0.1, 0.15) is 0 Å². The molecule has 0 N–H and O–H groups in total. The molecular formula is C13H17Br2NO. The van der Waals surface area contributed by atoms with Crippen molar-refractivity contribution in [1.82, 2.24) is 4.90 Å². The minimum atomic E-state index is 0.0931. The number of alkyl halides is 1. The van der Waals surface area contributed by atoms with Gasteiger partial charge in [0, 0.05) is 11.0 Å². The summed E-state index contributed by atoms with van der Waals surface area (Å²) in [4.78, 5) is 13.8. The molecule has 0 aliphatic carbocycles. The molecular weight excluding hydrogens is 346 g/mol. The number of carbonyl (C=O) groups excluding carboxylic acids is 1. The summed E-state index contributed by atoms with van der Waals surface area (Å²) >= 11 is 6.78. The first-order valence-electron chi connectivity index (χ1n) is 5.71. The first-order valence-corrected chi connectivity index (χ1v) is 7.63. The number of amides is 1. The van der Waals surface area contributed by atoms with Crippen LogP contribution in [-0.4, -0.2) is 22.7 Å². The second-order valence-electron chi connectivity index (χ2n) is 3.92. The molecule has 94 valence electrons. The van der Waals surface area contributed by atoms with Crippen molar-refractivity contribution in [3.05, 3.63) is 34.3 Å². The number of hydrogen-bond donors (Lipinski definition) is 0. The zero-order valence-electron chi connectivity index (χ0n) is 10.1. The fourth-order valence-electron chi connectivity index (χ4n) is 1.83. The second kappa shape index (κ2) is 7.17. The van der Waals surface area contributed by atoms with Crippen molar-refractivity contribution >= 4 is 37.8 Å². The first-order chi connectivity index (χ1) is 8.11. The van der Waals surface area contributed by atoms with E-state index < -0.39 is 0 Å². The summed E-state index contributed by atoms with van der Waals surface area (Å²) < 4.78 is 1.05. The third kappa shape index (κ3) is 3.81. The molecule has 0 aliphatic heterocycles. The van der Waals surface area contributed by atoms with Crippen LogP contribution in [0.5, 0.6) is 0 Å². The Bertz CT molecular complexity index is 381. The molecule has 0 fully saturated rings. The van der Waals surface area contributed by atoms with Gasteiger partial charge in [-0.3, -0.25) is 4.79 Å².